The van der Waals surface area contributed by atoms with E-state index in [0.717, 1.165) is 49.0 Å². The van der Waals surface area contributed by atoms with Crippen LogP contribution in [-0.2, 0) is 0 Å². The van der Waals surface area contributed by atoms with Gasteiger partial charge in [0.2, 0.25) is 0 Å². The van der Waals surface area contributed by atoms with Crippen molar-refractivity contribution in [3.8, 4) is 0 Å². The molecule has 0 spiro atoms. The molecule has 3 aromatic carbocycles. The topological polar surface area (TPSA) is 89.4 Å². The minimum absolute atomic E-state index is 0. The number of amidine groups is 2. The molecule has 0 atom stereocenters. The number of anilines is 2. The number of nitrogens with zero attached hydrogens (tertiary/aromatic N) is 4. The van der Waals surface area contributed by atoms with Crippen LogP contribution >= 0.6 is 24.0 Å². The normalized spacial score (nSPS) is 11.4. The first-order valence-corrected chi connectivity index (χ1v) is 15.4. The molecule has 0 aliphatic carbocycles. The van der Waals surface area contributed by atoms with Gasteiger partial charge in [-0.1, -0.05) is 11.6 Å². The van der Waals surface area contributed by atoms with Crippen molar-refractivity contribution in [3.05, 3.63) is 94.0 Å². The molecule has 0 radical (unpaired) electrons. The van der Waals surface area contributed by atoms with Crippen molar-refractivity contribution in [1.82, 2.24) is 9.80 Å². The van der Waals surface area contributed by atoms with Gasteiger partial charge in [-0.3, -0.25) is 19.6 Å². The number of nitrogens with one attached hydrogen (secondary N) is 2. The van der Waals surface area contributed by atoms with Crippen LogP contribution in [0.2, 0.25) is 5.02 Å². The quantitative estimate of drug-likeness (QED) is 0.159. The van der Waals surface area contributed by atoms with Gasteiger partial charge in [-0.25, -0.2) is 0 Å². The van der Waals surface area contributed by atoms with E-state index >= 15 is 0 Å². The first-order chi connectivity index (χ1) is 20.8. The summed E-state index contributed by atoms with van der Waals surface area (Å²) in [5.41, 5.74) is 3.91. The molecule has 8 nitrogen and oxygen atoms in total. The number of carbonyl (C=O) groups is 2. The molecule has 44 heavy (non-hydrogen) atoms. The molecular weight excluding hydrogens is 595 g/mol. The summed E-state index contributed by atoms with van der Waals surface area (Å²) in [5.74, 6) is 1.20. The van der Waals surface area contributed by atoms with Gasteiger partial charge in [0.05, 0.1) is 10.6 Å². The monoisotopic (exact) mass is 638 g/mol. The standard InChI is InChI=1S/C34H43ClN6O2.ClH/c1-7-36-31(40(9-3)10-4)24-13-18-27(19-14-24)38-33(42)26-17-22-29(30(35)23-26)34(43)39-28-20-15-25(16-21-28)32(37-8-2)41(11-5)12-6;/h13-23H,7-12H2,1-6H3,(H,38,42)(H,39,43);1H. The predicted molar refractivity (Wildman–Crippen MR) is 187 cm³/mol. The van der Waals surface area contributed by atoms with Gasteiger partial charge in [0.1, 0.15) is 11.7 Å². The van der Waals surface area contributed by atoms with E-state index in [4.69, 9.17) is 11.6 Å². The highest BCUT2D eigenvalue weighted by molar-refractivity contribution is 6.35. The van der Waals surface area contributed by atoms with Crippen molar-refractivity contribution >= 4 is 58.9 Å². The molecular formula is C34H44Cl2N6O2. The SMILES string of the molecule is CCN=C(c1ccc(NC(=O)c2ccc(C(=O)Nc3ccc(C(=NCC)N(CC)CC)cc3)c(Cl)c2)cc1)N(CC)CC.Cl. The summed E-state index contributed by atoms with van der Waals surface area (Å²) >= 11 is 6.47. The first kappa shape index (κ1) is 36.3. The van der Waals surface area contributed by atoms with Gasteiger partial charge < -0.3 is 20.4 Å². The lowest BCUT2D eigenvalue weighted by Gasteiger charge is -2.23. The highest BCUT2D eigenvalue weighted by Gasteiger charge is 2.16. The van der Waals surface area contributed by atoms with Gasteiger partial charge in [-0.2, -0.15) is 0 Å². The lowest BCUT2D eigenvalue weighted by atomic mass is 10.1. The molecule has 10 heteroatoms. The van der Waals surface area contributed by atoms with Crippen LogP contribution in [0.15, 0.2) is 76.7 Å². The van der Waals surface area contributed by atoms with E-state index in [1.807, 2.05) is 62.4 Å². The molecule has 3 aromatic rings. The number of benzene rings is 3. The smallest absolute Gasteiger partial charge is 0.257 e. The van der Waals surface area contributed by atoms with Crippen LogP contribution in [-0.4, -0.2) is 72.6 Å². The average molecular weight is 640 g/mol. The molecule has 0 heterocycles. The Hall–Kier alpha value is -3.88. The van der Waals surface area contributed by atoms with E-state index in [2.05, 4.69) is 58.1 Å². The highest BCUT2D eigenvalue weighted by atomic mass is 35.5. The maximum Gasteiger partial charge on any atom is 0.257 e. The second kappa shape index (κ2) is 18.0. The molecule has 236 valence electrons. The Bertz CT molecular complexity index is 1430. The second-order valence-electron chi connectivity index (χ2n) is 9.70. The lowest BCUT2D eigenvalue weighted by molar-refractivity contribution is 0.101. The van der Waals surface area contributed by atoms with Crippen LogP contribution in [0.3, 0.4) is 0 Å². The Morgan fingerprint density at radius 3 is 1.36 bits per heavy atom. The summed E-state index contributed by atoms with van der Waals surface area (Å²) in [5, 5.41) is 5.99. The molecule has 0 aliphatic heterocycles. The van der Waals surface area contributed by atoms with E-state index in [9.17, 15) is 9.59 Å². The third kappa shape index (κ3) is 9.31. The molecule has 0 saturated carbocycles. The van der Waals surface area contributed by atoms with Gasteiger partial charge in [-0.05, 0) is 108 Å². The van der Waals surface area contributed by atoms with Crippen molar-refractivity contribution < 1.29 is 9.59 Å². The van der Waals surface area contributed by atoms with Crippen LogP contribution in [0, 0.1) is 0 Å². The predicted octanol–water partition coefficient (Wildman–Crippen LogP) is 7.48. The third-order valence-corrected chi connectivity index (χ3v) is 7.33. The fourth-order valence-electron chi connectivity index (χ4n) is 4.74. The van der Waals surface area contributed by atoms with Gasteiger partial charge in [0, 0.05) is 67.3 Å². The van der Waals surface area contributed by atoms with Crippen LogP contribution < -0.4 is 10.6 Å². The Balaban J connectivity index is 0.00000675. The van der Waals surface area contributed by atoms with E-state index in [0.29, 0.717) is 30.0 Å². The van der Waals surface area contributed by atoms with Crippen molar-refractivity contribution in [1.29, 1.82) is 0 Å². The van der Waals surface area contributed by atoms with Gasteiger partial charge in [0.25, 0.3) is 11.8 Å². The molecule has 0 saturated heterocycles. The summed E-state index contributed by atoms with van der Waals surface area (Å²) in [6.07, 6.45) is 0. The van der Waals surface area contributed by atoms with Crippen LogP contribution in [0.25, 0.3) is 0 Å². The molecule has 0 unspecified atom stereocenters. The van der Waals surface area contributed by atoms with Crippen molar-refractivity contribution in [2.75, 3.05) is 49.9 Å². The molecule has 0 aliphatic rings. The van der Waals surface area contributed by atoms with Crippen LogP contribution in [0.4, 0.5) is 11.4 Å². The van der Waals surface area contributed by atoms with E-state index in [1.54, 1.807) is 12.1 Å². The minimum atomic E-state index is -0.357. The molecule has 3 rings (SSSR count). The lowest BCUT2D eigenvalue weighted by Crippen LogP contribution is -2.31. The third-order valence-electron chi connectivity index (χ3n) is 7.02. The largest absolute Gasteiger partial charge is 0.357 e. The summed E-state index contributed by atoms with van der Waals surface area (Å²) in [4.78, 5) is 39.7. The Kier molecular flexibility index (Phi) is 14.9. The second-order valence-corrected chi connectivity index (χ2v) is 10.1. The van der Waals surface area contributed by atoms with Crippen LogP contribution in [0.5, 0.6) is 0 Å². The molecule has 2 N–H and O–H groups in total. The number of carbonyl (C=O) groups excluding carboxylic acids is 2. The summed E-state index contributed by atoms with van der Waals surface area (Å²) in [6.45, 7) is 17.3. The van der Waals surface area contributed by atoms with E-state index in [1.165, 1.54) is 6.07 Å². The zero-order valence-electron chi connectivity index (χ0n) is 26.5. The molecule has 0 fully saturated rings. The molecule has 0 aromatic heterocycles. The number of rotatable bonds is 12. The first-order valence-electron chi connectivity index (χ1n) is 15.0. The number of aliphatic imine (C=N–C) groups is 2. The Morgan fingerprint density at radius 2 is 1.00 bits per heavy atom. The highest BCUT2D eigenvalue weighted by Crippen LogP contribution is 2.22. The Morgan fingerprint density at radius 1 is 0.614 bits per heavy atom. The Labute approximate surface area is 273 Å². The van der Waals surface area contributed by atoms with Crippen molar-refractivity contribution in [2.24, 2.45) is 9.98 Å². The number of halogens is 2. The maximum absolute atomic E-state index is 13.0. The fourth-order valence-corrected chi connectivity index (χ4v) is 5.01. The molecule has 0 bridgehead atoms. The number of amides is 2. The van der Waals surface area contributed by atoms with E-state index in [-0.39, 0.29) is 34.8 Å². The zero-order valence-corrected chi connectivity index (χ0v) is 28.1. The summed E-state index contributed by atoms with van der Waals surface area (Å²) in [7, 11) is 0. The number of hydrogen-bond acceptors (Lipinski definition) is 4. The van der Waals surface area contributed by atoms with E-state index < -0.39 is 0 Å². The van der Waals surface area contributed by atoms with Crippen LogP contribution in [0.1, 0.15) is 73.4 Å². The van der Waals surface area contributed by atoms with Crippen molar-refractivity contribution in [2.45, 2.75) is 41.5 Å². The van der Waals surface area contributed by atoms with Crippen molar-refractivity contribution in [3.63, 3.8) is 0 Å². The molecule has 2 amide bonds. The van der Waals surface area contributed by atoms with Gasteiger partial charge in [0.15, 0.2) is 0 Å². The summed E-state index contributed by atoms with van der Waals surface area (Å²) in [6, 6.07) is 19.9. The fraction of sp³-hybridized carbons (Fsp3) is 0.353. The van der Waals surface area contributed by atoms with Gasteiger partial charge >= 0.3 is 0 Å². The van der Waals surface area contributed by atoms with Gasteiger partial charge in [-0.15, -0.1) is 12.4 Å². The number of hydrogen-bond donors (Lipinski definition) is 2. The minimum Gasteiger partial charge on any atom is -0.357 e. The zero-order chi connectivity index (χ0) is 31.4. The maximum atomic E-state index is 13.0. The summed E-state index contributed by atoms with van der Waals surface area (Å²) < 4.78 is 0. The average Bonchev–Trinajstić information content (AvgIpc) is 3.02.